The molecular weight excluding hydrogens is 183 g/mol. The van der Waals surface area contributed by atoms with Crippen molar-refractivity contribution in [2.75, 3.05) is 0 Å². The molecule has 0 aliphatic carbocycles. The third kappa shape index (κ3) is 9.20. The number of hydrogen-bond acceptors (Lipinski definition) is 3. The minimum atomic E-state index is -0.833. The van der Waals surface area contributed by atoms with Gasteiger partial charge in [0, 0.05) is 6.92 Å². The molecule has 0 radical (unpaired) electrons. The molecule has 1 aromatic carbocycles. The van der Waals surface area contributed by atoms with Gasteiger partial charge in [0.1, 0.15) is 0 Å². The van der Waals surface area contributed by atoms with Crippen molar-refractivity contribution in [2.24, 2.45) is 0 Å². The van der Waals surface area contributed by atoms with Crippen LogP contribution in [0.1, 0.15) is 6.92 Å². The van der Waals surface area contributed by atoms with E-state index in [1.807, 2.05) is 0 Å². The molecular formula is C8H11NaO4. The van der Waals surface area contributed by atoms with Gasteiger partial charge in [-0.2, -0.15) is 0 Å². The summed E-state index contributed by atoms with van der Waals surface area (Å²) in [5.74, 6) is -0.986. The average molecular weight is 194 g/mol. The van der Waals surface area contributed by atoms with Gasteiger partial charge in [-0.15, -0.1) is 0 Å². The Bertz CT molecular complexity index is 237. The fourth-order valence-electron chi connectivity index (χ4n) is 0.464. The van der Waals surface area contributed by atoms with Gasteiger partial charge in [0.05, 0.1) is 0 Å². The van der Waals surface area contributed by atoms with E-state index in [1.54, 1.807) is 12.1 Å². The van der Waals surface area contributed by atoms with Crippen LogP contribution in [0, 0.1) is 0 Å². The maximum absolute atomic E-state index is 9.00. The van der Waals surface area contributed by atoms with Crippen LogP contribution in [0.5, 0.6) is 11.5 Å². The molecule has 0 saturated heterocycles. The predicted octanol–water partition coefficient (Wildman–Crippen LogP) is 0.540. The van der Waals surface area contributed by atoms with E-state index in [2.05, 4.69) is 0 Å². The first-order chi connectivity index (χ1) is 5.54. The Morgan fingerprint density at radius 1 is 1.15 bits per heavy atom. The zero-order chi connectivity index (χ0) is 9.56. The van der Waals surface area contributed by atoms with Crippen LogP contribution < -0.4 is 0 Å². The number of rotatable bonds is 0. The topological polar surface area (TPSA) is 77.8 Å². The normalized spacial score (nSPS) is 7.46. The summed E-state index contributed by atoms with van der Waals surface area (Å²) in [5.41, 5.74) is 0. The molecule has 0 aliphatic heterocycles. The van der Waals surface area contributed by atoms with Crippen molar-refractivity contribution in [1.29, 1.82) is 0 Å². The molecule has 0 unspecified atom stereocenters. The fourth-order valence-corrected chi connectivity index (χ4v) is 0.464. The monoisotopic (exact) mass is 194 g/mol. The van der Waals surface area contributed by atoms with Crippen LogP contribution in [-0.4, -0.2) is 50.8 Å². The first kappa shape index (κ1) is 14.8. The second-order valence-electron chi connectivity index (χ2n) is 2.01. The van der Waals surface area contributed by atoms with Crippen molar-refractivity contribution in [3.8, 4) is 11.5 Å². The molecule has 1 rings (SSSR count). The molecule has 0 aromatic heterocycles. The van der Waals surface area contributed by atoms with Crippen molar-refractivity contribution < 1.29 is 20.1 Å². The summed E-state index contributed by atoms with van der Waals surface area (Å²) >= 11 is 0. The molecule has 1 aromatic rings. The molecule has 0 saturated carbocycles. The van der Waals surface area contributed by atoms with Gasteiger partial charge in [-0.3, -0.25) is 4.79 Å². The molecule has 0 bridgehead atoms. The molecule has 0 heterocycles. The first-order valence-electron chi connectivity index (χ1n) is 3.20. The van der Waals surface area contributed by atoms with Gasteiger partial charge < -0.3 is 15.3 Å². The van der Waals surface area contributed by atoms with E-state index >= 15 is 0 Å². The summed E-state index contributed by atoms with van der Waals surface area (Å²) in [5, 5.41) is 24.8. The Labute approximate surface area is 98.1 Å². The Balaban J connectivity index is 0. The summed E-state index contributed by atoms with van der Waals surface area (Å²) < 4.78 is 0. The Hall–Kier alpha value is -0.710. The van der Waals surface area contributed by atoms with Crippen LogP contribution >= 0.6 is 0 Å². The summed E-state index contributed by atoms with van der Waals surface area (Å²) in [6.07, 6.45) is 0. The number of carboxylic acid groups (broad SMARTS) is 1. The van der Waals surface area contributed by atoms with E-state index in [0.717, 1.165) is 6.92 Å². The standard InChI is InChI=1S/C6H6O2.C2H4O2.Na.H/c7-5-3-1-2-4-6(5)8;1-2(3)4;;/h1-4,7-8H;1H3,(H,3,4);;. The Kier molecular flexibility index (Phi) is 9.01. The second-order valence-corrected chi connectivity index (χ2v) is 2.01. The average Bonchev–Trinajstić information content (AvgIpc) is 1.94. The summed E-state index contributed by atoms with van der Waals surface area (Å²) in [6.45, 7) is 1.08. The fraction of sp³-hybridized carbons (Fsp3) is 0.125. The molecule has 0 amide bonds. The molecule has 0 aliphatic rings. The summed E-state index contributed by atoms with van der Waals surface area (Å²) in [7, 11) is 0. The number of phenolic OH excluding ortho intramolecular Hbond substituents is 2. The SMILES string of the molecule is CC(=O)O.Oc1ccccc1O.[NaH]. The van der Waals surface area contributed by atoms with Crippen LogP contribution in [0.3, 0.4) is 0 Å². The molecule has 0 fully saturated rings. The van der Waals surface area contributed by atoms with Crippen molar-refractivity contribution in [2.45, 2.75) is 6.92 Å². The van der Waals surface area contributed by atoms with Crippen molar-refractivity contribution in [3.63, 3.8) is 0 Å². The van der Waals surface area contributed by atoms with E-state index in [9.17, 15) is 0 Å². The quantitative estimate of drug-likeness (QED) is 0.416. The molecule has 3 N–H and O–H groups in total. The maximum atomic E-state index is 9.00. The number of hydrogen-bond donors (Lipinski definition) is 3. The van der Waals surface area contributed by atoms with Gasteiger partial charge in [-0.25, -0.2) is 0 Å². The first-order valence-corrected chi connectivity index (χ1v) is 3.20. The number of phenols is 2. The third-order valence-electron chi connectivity index (χ3n) is 0.882. The number of para-hydroxylation sites is 2. The zero-order valence-electron chi connectivity index (χ0n) is 6.56. The van der Waals surface area contributed by atoms with Gasteiger partial charge >= 0.3 is 29.6 Å². The van der Waals surface area contributed by atoms with Gasteiger partial charge in [0.15, 0.2) is 11.5 Å². The molecule has 0 spiro atoms. The number of benzene rings is 1. The van der Waals surface area contributed by atoms with Crippen LogP contribution in [0.25, 0.3) is 0 Å². The van der Waals surface area contributed by atoms with Gasteiger partial charge in [0.25, 0.3) is 5.97 Å². The summed E-state index contributed by atoms with van der Waals surface area (Å²) in [4.78, 5) is 9.00. The number of carbonyl (C=O) groups is 1. The van der Waals surface area contributed by atoms with Crippen LogP contribution in [0.4, 0.5) is 0 Å². The number of aromatic hydroxyl groups is 2. The zero-order valence-corrected chi connectivity index (χ0v) is 6.56. The van der Waals surface area contributed by atoms with Crippen LogP contribution in [0.15, 0.2) is 24.3 Å². The van der Waals surface area contributed by atoms with E-state index in [1.165, 1.54) is 12.1 Å². The Morgan fingerprint density at radius 3 is 1.54 bits per heavy atom. The molecule has 5 heteroatoms. The third-order valence-corrected chi connectivity index (χ3v) is 0.882. The molecule has 0 atom stereocenters. The summed E-state index contributed by atoms with van der Waals surface area (Å²) in [6, 6.07) is 6.15. The number of aliphatic carboxylic acids is 1. The molecule has 4 nitrogen and oxygen atoms in total. The van der Waals surface area contributed by atoms with Gasteiger partial charge in [-0.1, -0.05) is 12.1 Å². The molecule has 68 valence electrons. The van der Waals surface area contributed by atoms with E-state index in [0.29, 0.717) is 0 Å². The molecule has 13 heavy (non-hydrogen) atoms. The van der Waals surface area contributed by atoms with Crippen molar-refractivity contribution in [3.05, 3.63) is 24.3 Å². The van der Waals surface area contributed by atoms with Crippen molar-refractivity contribution >= 4 is 35.5 Å². The van der Waals surface area contributed by atoms with Crippen molar-refractivity contribution in [1.82, 2.24) is 0 Å². The Morgan fingerprint density at radius 2 is 1.38 bits per heavy atom. The number of carboxylic acids is 1. The second kappa shape index (κ2) is 7.91. The van der Waals surface area contributed by atoms with E-state index in [4.69, 9.17) is 20.1 Å². The van der Waals surface area contributed by atoms with Crippen LogP contribution in [0.2, 0.25) is 0 Å². The van der Waals surface area contributed by atoms with E-state index in [-0.39, 0.29) is 41.1 Å². The predicted molar refractivity (Wildman–Crippen MR) is 50.2 cm³/mol. The van der Waals surface area contributed by atoms with Gasteiger partial charge in [0.2, 0.25) is 0 Å². The van der Waals surface area contributed by atoms with Gasteiger partial charge in [-0.05, 0) is 12.1 Å². The minimum absolute atomic E-state index is 0. The van der Waals surface area contributed by atoms with Crippen LogP contribution in [-0.2, 0) is 4.79 Å². The van der Waals surface area contributed by atoms with E-state index < -0.39 is 5.97 Å².